The minimum atomic E-state index is 0.721. The highest BCUT2D eigenvalue weighted by Gasteiger charge is 2.11. The highest BCUT2D eigenvalue weighted by Crippen LogP contribution is 2.31. The molecule has 0 aliphatic heterocycles. The Labute approximate surface area is 150 Å². The molecule has 24 heavy (non-hydrogen) atoms. The van der Waals surface area contributed by atoms with Crippen LogP contribution in [0.5, 0.6) is 5.75 Å². The first-order chi connectivity index (χ1) is 11.8. The van der Waals surface area contributed by atoms with Crippen LogP contribution in [0.4, 0.5) is 0 Å². The van der Waals surface area contributed by atoms with E-state index in [0.717, 1.165) is 47.5 Å². The molecule has 0 heterocycles. The van der Waals surface area contributed by atoms with Gasteiger partial charge < -0.3 is 10.1 Å². The van der Waals surface area contributed by atoms with Gasteiger partial charge in [0.15, 0.2) is 0 Å². The first-order valence-corrected chi connectivity index (χ1v) is 9.42. The number of ether oxygens (including phenoxy) is 1. The quantitative estimate of drug-likeness (QED) is 0.651. The summed E-state index contributed by atoms with van der Waals surface area (Å²) in [5, 5.41) is 4.41. The molecule has 3 heteroatoms. The molecule has 0 aromatic heterocycles. The van der Waals surface area contributed by atoms with E-state index in [1.165, 1.54) is 32.1 Å². The molecule has 0 radical (unpaired) electrons. The molecule has 2 aromatic rings. The summed E-state index contributed by atoms with van der Waals surface area (Å²) in [5.74, 6) is 0.885. The molecule has 2 nitrogen and oxygen atoms in total. The van der Waals surface area contributed by atoms with Crippen molar-refractivity contribution in [2.24, 2.45) is 0 Å². The molecule has 1 fully saturated rings. The maximum atomic E-state index is 6.33. The molecule has 3 rings (SSSR count). The average molecular weight is 344 g/mol. The lowest BCUT2D eigenvalue weighted by atomic mass is 9.95. The highest BCUT2D eigenvalue weighted by molar-refractivity contribution is 6.33. The van der Waals surface area contributed by atoms with Gasteiger partial charge in [-0.3, -0.25) is 0 Å². The van der Waals surface area contributed by atoms with Crippen molar-refractivity contribution in [3.63, 3.8) is 0 Å². The van der Waals surface area contributed by atoms with E-state index in [9.17, 15) is 0 Å². The Kier molecular flexibility index (Phi) is 6.57. The smallest absolute Gasteiger partial charge is 0.120 e. The molecule has 0 saturated heterocycles. The molecular formula is C21H26ClNO. The Morgan fingerprint density at radius 1 is 1.00 bits per heavy atom. The van der Waals surface area contributed by atoms with Crippen LogP contribution in [0.3, 0.4) is 0 Å². The minimum Gasteiger partial charge on any atom is -0.494 e. The molecule has 128 valence electrons. The Hall–Kier alpha value is -1.51. The second kappa shape index (κ2) is 9.10. The van der Waals surface area contributed by atoms with Crippen LogP contribution in [0.25, 0.3) is 11.1 Å². The fourth-order valence-corrected chi connectivity index (χ4v) is 3.53. The van der Waals surface area contributed by atoms with Gasteiger partial charge in [0.1, 0.15) is 5.75 Å². The normalized spacial score (nSPS) is 15.4. The van der Waals surface area contributed by atoms with E-state index in [4.69, 9.17) is 16.3 Å². The van der Waals surface area contributed by atoms with Gasteiger partial charge in [-0.1, -0.05) is 61.2 Å². The van der Waals surface area contributed by atoms with Crippen molar-refractivity contribution in [1.29, 1.82) is 0 Å². The molecule has 0 spiro atoms. The third-order valence-corrected chi connectivity index (χ3v) is 4.98. The fourth-order valence-electron chi connectivity index (χ4n) is 3.31. The van der Waals surface area contributed by atoms with Crippen LogP contribution < -0.4 is 10.1 Å². The van der Waals surface area contributed by atoms with Crippen molar-refractivity contribution in [3.8, 4) is 16.9 Å². The van der Waals surface area contributed by atoms with Crippen LogP contribution in [0.1, 0.15) is 38.5 Å². The number of hydrogen-bond donors (Lipinski definition) is 1. The predicted octanol–water partition coefficient (Wildman–Crippen LogP) is 5.70. The number of nitrogens with one attached hydrogen (secondary N) is 1. The lowest BCUT2D eigenvalue weighted by molar-refractivity contribution is 0.297. The summed E-state index contributed by atoms with van der Waals surface area (Å²) in [4.78, 5) is 0. The van der Waals surface area contributed by atoms with E-state index >= 15 is 0 Å². The van der Waals surface area contributed by atoms with Crippen molar-refractivity contribution in [2.75, 3.05) is 13.2 Å². The van der Waals surface area contributed by atoms with Gasteiger partial charge in [-0.25, -0.2) is 0 Å². The van der Waals surface area contributed by atoms with E-state index in [2.05, 4.69) is 17.4 Å². The first-order valence-electron chi connectivity index (χ1n) is 9.04. The Morgan fingerprint density at radius 2 is 1.79 bits per heavy atom. The summed E-state index contributed by atoms with van der Waals surface area (Å²) in [5.41, 5.74) is 2.14. The zero-order chi connectivity index (χ0) is 16.6. The molecule has 1 saturated carbocycles. The van der Waals surface area contributed by atoms with Gasteiger partial charge in [0, 0.05) is 16.6 Å². The van der Waals surface area contributed by atoms with E-state index in [-0.39, 0.29) is 0 Å². The third kappa shape index (κ3) is 4.99. The number of halogens is 1. The summed E-state index contributed by atoms with van der Waals surface area (Å²) in [7, 11) is 0. The number of hydrogen-bond acceptors (Lipinski definition) is 2. The molecule has 0 unspecified atom stereocenters. The minimum absolute atomic E-state index is 0.721. The number of benzene rings is 2. The zero-order valence-corrected chi connectivity index (χ0v) is 14.9. The first kappa shape index (κ1) is 17.3. The lowest BCUT2D eigenvalue weighted by Gasteiger charge is -2.22. The van der Waals surface area contributed by atoms with Gasteiger partial charge in [0.05, 0.1) is 6.61 Å². The standard InChI is InChI=1S/C21H26ClNO/c22-21-13-12-19(16-20(21)17-8-3-1-4-9-17)24-15-7-14-23-18-10-5-2-6-11-18/h1,3-4,8-9,12-13,16,18,23H,2,5-7,10-11,14-15H2. The monoisotopic (exact) mass is 343 g/mol. The topological polar surface area (TPSA) is 21.3 Å². The van der Waals surface area contributed by atoms with Crippen LogP contribution in [0.2, 0.25) is 5.02 Å². The van der Waals surface area contributed by atoms with Crippen molar-refractivity contribution in [3.05, 3.63) is 53.6 Å². The van der Waals surface area contributed by atoms with Crippen LogP contribution in [0.15, 0.2) is 48.5 Å². The molecule has 1 aliphatic carbocycles. The molecule has 0 atom stereocenters. The van der Waals surface area contributed by atoms with Gasteiger partial charge in [0.25, 0.3) is 0 Å². The summed E-state index contributed by atoms with van der Waals surface area (Å²) < 4.78 is 5.91. The SMILES string of the molecule is Clc1ccc(OCCCNC2CCCCC2)cc1-c1ccccc1. The summed E-state index contributed by atoms with van der Waals surface area (Å²) >= 11 is 6.33. The van der Waals surface area contributed by atoms with Gasteiger partial charge >= 0.3 is 0 Å². The van der Waals surface area contributed by atoms with E-state index in [0.29, 0.717) is 0 Å². The second-order valence-corrected chi connectivity index (χ2v) is 6.91. The van der Waals surface area contributed by atoms with Crippen molar-refractivity contribution in [1.82, 2.24) is 5.32 Å². The fraction of sp³-hybridized carbons (Fsp3) is 0.429. The molecule has 0 bridgehead atoms. The molecule has 1 aliphatic rings. The van der Waals surface area contributed by atoms with Gasteiger partial charge in [0.2, 0.25) is 0 Å². The predicted molar refractivity (Wildman–Crippen MR) is 102 cm³/mol. The van der Waals surface area contributed by atoms with E-state index < -0.39 is 0 Å². The third-order valence-electron chi connectivity index (χ3n) is 4.65. The van der Waals surface area contributed by atoms with Crippen molar-refractivity contribution < 1.29 is 4.74 Å². The van der Waals surface area contributed by atoms with Gasteiger partial charge in [-0.2, -0.15) is 0 Å². The van der Waals surface area contributed by atoms with Crippen LogP contribution in [-0.4, -0.2) is 19.2 Å². The van der Waals surface area contributed by atoms with Gasteiger partial charge in [-0.05, 0) is 49.6 Å². The molecular weight excluding hydrogens is 318 g/mol. The maximum Gasteiger partial charge on any atom is 0.120 e. The molecule has 1 N–H and O–H groups in total. The van der Waals surface area contributed by atoms with Crippen molar-refractivity contribution in [2.45, 2.75) is 44.6 Å². The van der Waals surface area contributed by atoms with E-state index in [1.54, 1.807) is 0 Å². The summed E-state index contributed by atoms with van der Waals surface area (Å²) in [6, 6.07) is 16.8. The second-order valence-electron chi connectivity index (χ2n) is 6.50. The lowest BCUT2D eigenvalue weighted by Crippen LogP contribution is -2.32. The van der Waals surface area contributed by atoms with Crippen LogP contribution >= 0.6 is 11.6 Å². The van der Waals surface area contributed by atoms with Crippen LogP contribution in [-0.2, 0) is 0 Å². The Bertz CT molecular complexity index is 623. The zero-order valence-electron chi connectivity index (χ0n) is 14.1. The maximum absolute atomic E-state index is 6.33. The molecule has 2 aromatic carbocycles. The van der Waals surface area contributed by atoms with Crippen molar-refractivity contribution >= 4 is 11.6 Å². The largest absolute Gasteiger partial charge is 0.494 e. The summed E-state index contributed by atoms with van der Waals surface area (Å²) in [6.07, 6.45) is 7.85. The highest BCUT2D eigenvalue weighted by atomic mass is 35.5. The number of rotatable bonds is 7. The molecule has 0 amide bonds. The Balaban J connectivity index is 1.47. The van der Waals surface area contributed by atoms with Gasteiger partial charge in [-0.15, -0.1) is 0 Å². The summed E-state index contributed by atoms with van der Waals surface area (Å²) in [6.45, 7) is 1.76. The Morgan fingerprint density at radius 3 is 2.58 bits per heavy atom. The van der Waals surface area contributed by atoms with E-state index in [1.807, 2.05) is 36.4 Å². The average Bonchev–Trinajstić information content (AvgIpc) is 2.64. The van der Waals surface area contributed by atoms with Crippen LogP contribution in [0, 0.1) is 0 Å².